The van der Waals surface area contributed by atoms with E-state index in [2.05, 4.69) is 15.9 Å². The third-order valence-electron chi connectivity index (χ3n) is 4.14. The molecule has 0 N–H and O–H groups in total. The highest BCUT2D eigenvalue weighted by atomic mass is 79.9. The van der Waals surface area contributed by atoms with Crippen LogP contribution in [0, 0.1) is 0 Å². The smallest absolute Gasteiger partial charge is 0.353 e. The van der Waals surface area contributed by atoms with Crippen LogP contribution in [0.25, 0.3) is 0 Å². The predicted octanol–water partition coefficient (Wildman–Crippen LogP) is 1.26. The number of benzene rings is 1. The van der Waals surface area contributed by atoms with Gasteiger partial charge in [0.05, 0.1) is 12.7 Å². The molecule has 0 saturated carbocycles. The van der Waals surface area contributed by atoms with Crippen molar-refractivity contribution in [2.45, 2.75) is 49.9 Å². The Balaban J connectivity index is 2.55. The largest absolute Gasteiger partial charge is 0.466 e. The van der Waals surface area contributed by atoms with Gasteiger partial charge in [0.1, 0.15) is 0 Å². The van der Waals surface area contributed by atoms with Crippen molar-refractivity contribution < 1.29 is 52.4 Å². The fourth-order valence-electron chi connectivity index (χ4n) is 2.94. The Labute approximate surface area is 191 Å². The fourth-order valence-corrected chi connectivity index (χ4v) is 3.64. The lowest BCUT2D eigenvalue weighted by Crippen LogP contribution is -2.68. The number of methoxy groups -OCH3 is 1. The summed E-state index contributed by atoms with van der Waals surface area (Å²) < 4.78 is 29.0. The van der Waals surface area contributed by atoms with Crippen LogP contribution in [0.3, 0.4) is 0 Å². The van der Waals surface area contributed by atoms with E-state index in [1.165, 1.54) is 12.1 Å². The highest BCUT2D eigenvalue weighted by Gasteiger charge is 2.64. The van der Waals surface area contributed by atoms with Crippen molar-refractivity contribution in [2.24, 2.45) is 0 Å². The number of halogens is 1. The molecule has 11 nitrogen and oxygen atoms in total. The zero-order valence-corrected chi connectivity index (χ0v) is 19.2. The number of esters is 5. The zero-order chi connectivity index (χ0) is 24.1. The van der Waals surface area contributed by atoms with Gasteiger partial charge in [-0.15, -0.1) is 0 Å². The van der Waals surface area contributed by atoms with Crippen LogP contribution in [-0.2, 0) is 47.6 Å². The average Bonchev–Trinajstić information content (AvgIpc) is 2.72. The van der Waals surface area contributed by atoms with Gasteiger partial charge in [0, 0.05) is 20.8 Å². The van der Waals surface area contributed by atoms with Crippen LogP contribution in [0.4, 0.5) is 0 Å². The molecule has 0 aliphatic carbocycles. The summed E-state index contributed by atoms with van der Waals surface area (Å²) in [5, 5.41) is 0. The molecule has 174 valence electrons. The first-order valence-electron chi connectivity index (χ1n) is 9.22. The number of hydrogen-bond donors (Lipinski definition) is 0. The molecule has 1 fully saturated rings. The third kappa shape index (κ3) is 5.82. The summed E-state index contributed by atoms with van der Waals surface area (Å²) in [4.78, 5) is 60.5. The van der Waals surface area contributed by atoms with Crippen molar-refractivity contribution in [1.82, 2.24) is 0 Å². The molecule has 0 amide bonds. The quantitative estimate of drug-likeness (QED) is 0.306. The van der Waals surface area contributed by atoms with Crippen LogP contribution < -0.4 is 0 Å². The van der Waals surface area contributed by atoms with Crippen molar-refractivity contribution in [3.05, 3.63) is 35.9 Å². The van der Waals surface area contributed by atoms with Crippen LogP contribution in [0.15, 0.2) is 30.3 Å². The molecule has 0 bridgehead atoms. The molecule has 1 aliphatic heterocycles. The van der Waals surface area contributed by atoms with E-state index in [0.717, 1.165) is 27.9 Å². The van der Waals surface area contributed by atoms with E-state index in [9.17, 15) is 24.0 Å². The maximum absolute atomic E-state index is 12.6. The Morgan fingerprint density at radius 2 is 1.38 bits per heavy atom. The minimum Gasteiger partial charge on any atom is -0.466 e. The molecule has 32 heavy (non-hydrogen) atoms. The fraction of sp³-hybridized carbons (Fsp3) is 0.450. The van der Waals surface area contributed by atoms with E-state index in [4.69, 9.17) is 28.4 Å². The van der Waals surface area contributed by atoms with E-state index in [1.54, 1.807) is 18.2 Å². The second-order valence-corrected chi connectivity index (χ2v) is 7.75. The van der Waals surface area contributed by atoms with Gasteiger partial charge in [0.25, 0.3) is 4.51 Å². The van der Waals surface area contributed by atoms with Crippen molar-refractivity contribution in [3.63, 3.8) is 0 Å². The highest BCUT2D eigenvalue weighted by molar-refractivity contribution is 9.10. The van der Waals surface area contributed by atoms with Crippen LogP contribution >= 0.6 is 15.9 Å². The monoisotopic (exact) mass is 516 g/mol. The SMILES string of the molecule is COC(=O)[C@@]1(Br)O[C@H](OC(=O)c2ccccc2)[C@H](OC(C)=O)[C@@H](OC(C)=O)[C@@H]1OC(C)=O. The van der Waals surface area contributed by atoms with Gasteiger partial charge in [-0.1, -0.05) is 18.2 Å². The molecule has 5 atom stereocenters. The molecule has 12 heteroatoms. The minimum atomic E-state index is -2.27. The van der Waals surface area contributed by atoms with Gasteiger partial charge in [-0.2, -0.15) is 0 Å². The molecule has 1 heterocycles. The second-order valence-electron chi connectivity index (χ2n) is 6.57. The second kappa shape index (κ2) is 10.6. The maximum Gasteiger partial charge on any atom is 0.353 e. The number of carbonyl (C=O) groups excluding carboxylic acids is 5. The minimum absolute atomic E-state index is 0.127. The third-order valence-corrected chi connectivity index (χ3v) is 5.10. The lowest BCUT2D eigenvalue weighted by Gasteiger charge is -2.46. The first-order valence-corrected chi connectivity index (χ1v) is 10.0. The maximum atomic E-state index is 12.6. The molecular formula is C20H21BrO11. The van der Waals surface area contributed by atoms with Crippen molar-refractivity contribution in [3.8, 4) is 0 Å². The Bertz CT molecular complexity index is 887. The van der Waals surface area contributed by atoms with Crippen LogP contribution in [-0.4, -0.2) is 66.1 Å². The average molecular weight is 517 g/mol. The van der Waals surface area contributed by atoms with Gasteiger partial charge < -0.3 is 28.4 Å². The number of ether oxygens (including phenoxy) is 6. The summed E-state index contributed by atoms with van der Waals surface area (Å²) in [6.07, 6.45) is -6.64. The summed E-state index contributed by atoms with van der Waals surface area (Å²) in [7, 11) is 1.03. The topological polar surface area (TPSA) is 141 Å². The van der Waals surface area contributed by atoms with Crippen molar-refractivity contribution in [1.29, 1.82) is 0 Å². The Hall–Kier alpha value is -2.99. The summed E-state index contributed by atoms with van der Waals surface area (Å²) in [5.41, 5.74) is 0.127. The van der Waals surface area contributed by atoms with Gasteiger partial charge in [-0.25, -0.2) is 9.59 Å². The lowest BCUT2D eigenvalue weighted by molar-refractivity contribution is -0.295. The molecule has 1 aromatic rings. The molecule has 0 radical (unpaired) electrons. The molecule has 1 aromatic carbocycles. The highest BCUT2D eigenvalue weighted by Crippen LogP contribution is 2.41. The Morgan fingerprint density at radius 3 is 1.88 bits per heavy atom. The first kappa shape index (κ1) is 25.3. The Kier molecular flexibility index (Phi) is 8.33. The number of hydrogen-bond acceptors (Lipinski definition) is 11. The molecule has 0 aromatic heterocycles. The molecule has 0 unspecified atom stereocenters. The normalized spacial score (nSPS) is 26.9. The van der Waals surface area contributed by atoms with Gasteiger partial charge in [-0.05, 0) is 28.1 Å². The van der Waals surface area contributed by atoms with Gasteiger partial charge in [0.2, 0.25) is 12.4 Å². The van der Waals surface area contributed by atoms with E-state index >= 15 is 0 Å². The predicted molar refractivity (Wildman–Crippen MR) is 107 cm³/mol. The molecule has 2 rings (SSSR count). The molecule has 0 spiro atoms. The van der Waals surface area contributed by atoms with E-state index in [0.29, 0.717) is 0 Å². The number of carbonyl (C=O) groups is 5. The van der Waals surface area contributed by atoms with Gasteiger partial charge in [-0.3, -0.25) is 14.4 Å². The summed E-state index contributed by atoms with van der Waals surface area (Å²) in [6, 6.07) is 7.77. The van der Waals surface area contributed by atoms with Crippen LogP contribution in [0.1, 0.15) is 31.1 Å². The standard InChI is InChI=1S/C20H21BrO11/c1-10(22)28-14-15(29-11(2)23)18(31-17(25)13-8-6-5-7-9-13)32-20(21,19(26)27-4)16(14)30-12(3)24/h5-9,14-16,18H,1-4H3/t14-,15-,16+,18+,20+/m1/s1. The zero-order valence-electron chi connectivity index (χ0n) is 17.6. The van der Waals surface area contributed by atoms with Crippen LogP contribution in [0.5, 0.6) is 0 Å². The summed E-state index contributed by atoms with van der Waals surface area (Å²) in [6.45, 7) is 3.14. The van der Waals surface area contributed by atoms with Gasteiger partial charge in [0.15, 0.2) is 12.2 Å². The lowest BCUT2D eigenvalue weighted by atomic mass is 9.97. The van der Waals surface area contributed by atoms with Crippen LogP contribution in [0.2, 0.25) is 0 Å². The van der Waals surface area contributed by atoms with Crippen molar-refractivity contribution in [2.75, 3.05) is 7.11 Å². The van der Waals surface area contributed by atoms with E-state index in [1.807, 2.05) is 0 Å². The summed E-state index contributed by atoms with van der Waals surface area (Å²) in [5.74, 6) is -4.56. The number of alkyl halides is 1. The summed E-state index contributed by atoms with van der Waals surface area (Å²) >= 11 is 3.03. The molecule has 1 saturated heterocycles. The first-order chi connectivity index (χ1) is 15.0. The number of rotatable bonds is 6. The van der Waals surface area contributed by atoms with Crippen molar-refractivity contribution >= 4 is 45.8 Å². The molecular weight excluding hydrogens is 496 g/mol. The van der Waals surface area contributed by atoms with Gasteiger partial charge >= 0.3 is 29.8 Å². The van der Waals surface area contributed by atoms with E-state index in [-0.39, 0.29) is 5.56 Å². The molecule has 1 aliphatic rings. The Morgan fingerprint density at radius 1 is 0.844 bits per heavy atom. The van der Waals surface area contributed by atoms with E-state index < -0.39 is 59.0 Å².